The molecule has 0 aromatic rings. The zero-order chi connectivity index (χ0) is 13.5. The summed E-state index contributed by atoms with van der Waals surface area (Å²) in [6, 6.07) is 0. The Hall–Kier alpha value is -0.383. The summed E-state index contributed by atoms with van der Waals surface area (Å²) in [4.78, 5) is 0. The number of aliphatic hydroxyl groups is 1. The van der Waals surface area contributed by atoms with Gasteiger partial charge in [0.2, 0.25) is 0 Å². The SMILES string of the molecule is C=C(/C=C/CCCO)CO[Si](C)(C)C(C)(C)C. The molecule has 2 nitrogen and oxygen atoms in total. The van der Waals surface area contributed by atoms with Crippen LogP contribution in [0.1, 0.15) is 33.6 Å². The molecule has 17 heavy (non-hydrogen) atoms. The average Bonchev–Trinajstić information content (AvgIpc) is 2.20. The molecule has 0 saturated heterocycles. The highest BCUT2D eigenvalue weighted by Crippen LogP contribution is 2.36. The summed E-state index contributed by atoms with van der Waals surface area (Å²) < 4.78 is 6.05. The largest absolute Gasteiger partial charge is 0.413 e. The van der Waals surface area contributed by atoms with E-state index in [0.717, 1.165) is 18.4 Å². The first kappa shape index (κ1) is 16.6. The van der Waals surface area contributed by atoms with E-state index in [-0.39, 0.29) is 11.6 Å². The highest BCUT2D eigenvalue weighted by molar-refractivity contribution is 6.74. The summed E-state index contributed by atoms with van der Waals surface area (Å²) in [6.07, 6.45) is 5.76. The Morgan fingerprint density at radius 3 is 2.41 bits per heavy atom. The van der Waals surface area contributed by atoms with Crippen LogP contribution < -0.4 is 0 Å². The second kappa shape index (κ2) is 7.14. The molecule has 0 aliphatic rings. The van der Waals surface area contributed by atoms with Gasteiger partial charge in [0.05, 0.1) is 6.61 Å². The van der Waals surface area contributed by atoms with E-state index >= 15 is 0 Å². The van der Waals surface area contributed by atoms with Crippen molar-refractivity contribution in [2.75, 3.05) is 13.2 Å². The molecular formula is C14H28O2Si. The molecule has 3 heteroatoms. The predicted octanol–water partition coefficient (Wildman–Crippen LogP) is 3.89. The molecule has 0 spiro atoms. The van der Waals surface area contributed by atoms with Crippen molar-refractivity contribution in [1.82, 2.24) is 0 Å². The normalized spacial score (nSPS) is 13.3. The standard InChI is InChI=1S/C14H28O2Si/c1-13(10-8-7-9-11-15)12-16-17(5,6)14(2,3)4/h8,10,15H,1,7,9,11-12H2,2-6H3/b10-8+. The molecule has 0 heterocycles. The Labute approximate surface area is 108 Å². The fourth-order valence-electron chi connectivity index (χ4n) is 0.997. The summed E-state index contributed by atoms with van der Waals surface area (Å²) in [7, 11) is -1.66. The number of unbranched alkanes of at least 4 members (excludes halogenated alkanes) is 1. The molecule has 0 bridgehead atoms. The van der Waals surface area contributed by atoms with Gasteiger partial charge < -0.3 is 9.53 Å². The van der Waals surface area contributed by atoms with Crippen molar-refractivity contribution in [3.63, 3.8) is 0 Å². The first-order chi connectivity index (χ1) is 7.70. The van der Waals surface area contributed by atoms with Crippen molar-refractivity contribution < 1.29 is 9.53 Å². The number of aliphatic hydroxyl groups excluding tert-OH is 1. The molecule has 0 amide bonds. The van der Waals surface area contributed by atoms with Crippen LogP contribution in [-0.2, 0) is 4.43 Å². The van der Waals surface area contributed by atoms with Crippen molar-refractivity contribution in [2.24, 2.45) is 0 Å². The molecule has 0 aliphatic heterocycles. The fourth-order valence-corrected chi connectivity index (χ4v) is 1.98. The van der Waals surface area contributed by atoms with Crippen molar-refractivity contribution in [1.29, 1.82) is 0 Å². The molecule has 100 valence electrons. The third-order valence-corrected chi connectivity index (χ3v) is 7.79. The summed E-state index contributed by atoms with van der Waals surface area (Å²) in [5, 5.41) is 8.90. The third-order valence-electron chi connectivity index (χ3n) is 3.31. The molecule has 0 aliphatic carbocycles. The smallest absolute Gasteiger partial charge is 0.192 e. The van der Waals surface area contributed by atoms with Gasteiger partial charge in [-0.1, -0.05) is 39.5 Å². The van der Waals surface area contributed by atoms with Crippen molar-refractivity contribution in [2.45, 2.75) is 51.7 Å². The van der Waals surface area contributed by atoms with Crippen LogP contribution in [0, 0.1) is 0 Å². The van der Waals surface area contributed by atoms with Crippen LogP contribution in [-0.4, -0.2) is 26.6 Å². The van der Waals surface area contributed by atoms with Gasteiger partial charge in [-0.3, -0.25) is 0 Å². The van der Waals surface area contributed by atoms with Crippen LogP contribution >= 0.6 is 0 Å². The maximum atomic E-state index is 8.66. The van der Waals surface area contributed by atoms with Crippen LogP contribution in [0.15, 0.2) is 24.3 Å². The van der Waals surface area contributed by atoms with E-state index in [2.05, 4.69) is 40.4 Å². The molecular weight excluding hydrogens is 228 g/mol. The Kier molecular flexibility index (Phi) is 6.98. The van der Waals surface area contributed by atoms with Crippen LogP contribution in [0.2, 0.25) is 18.1 Å². The lowest BCUT2D eigenvalue weighted by molar-refractivity contribution is 0.289. The first-order valence-corrected chi connectivity index (χ1v) is 9.20. The lowest BCUT2D eigenvalue weighted by Gasteiger charge is -2.36. The minimum absolute atomic E-state index is 0.244. The number of allylic oxidation sites excluding steroid dienone is 1. The lowest BCUT2D eigenvalue weighted by atomic mass is 10.2. The highest BCUT2D eigenvalue weighted by Gasteiger charge is 2.36. The third kappa shape index (κ3) is 6.81. The van der Waals surface area contributed by atoms with Gasteiger partial charge >= 0.3 is 0 Å². The van der Waals surface area contributed by atoms with Gasteiger partial charge in [-0.25, -0.2) is 0 Å². The molecule has 0 aromatic heterocycles. The van der Waals surface area contributed by atoms with E-state index in [1.54, 1.807) is 0 Å². The van der Waals surface area contributed by atoms with Crippen LogP contribution in [0.3, 0.4) is 0 Å². The average molecular weight is 256 g/mol. The van der Waals surface area contributed by atoms with Crippen LogP contribution in [0.4, 0.5) is 0 Å². The van der Waals surface area contributed by atoms with Gasteiger partial charge in [0.15, 0.2) is 8.32 Å². The van der Waals surface area contributed by atoms with Crippen molar-refractivity contribution >= 4 is 8.32 Å². The molecule has 0 rings (SSSR count). The number of hydrogen-bond acceptors (Lipinski definition) is 2. The van der Waals surface area contributed by atoms with Gasteiger partial charge in [-0.15, -0.1) is 0 Å². The van der Waals surface area contributed by atoms with Gasteiger partial charge in [-0.2, -0.15) is 0 Å². The zero-order valence-electron chi connectivity index (χ0n) is 12.0. The van der Waals surface area contributed by atoms with Crippen molar-refractivity contribution in [3.8, 4) is 0 Å². The molecule has 0 radical (unpaired) electrons. The number of hydrogen-bond donors (Lipinski definition) is 1. The van der Waals surface area contributed by atoms with Gasteiger partial charge in [0, 0.05) is 6.61 Å². The predicted molar refractivity (Wildman–Crippen MR) is 77.7 cm³/mol. The lowest BCUT2D eigenvalue weighted by Crippen LogP contribution is -2.41. The topological polar surface area (TPSA) is 29.5 Å². The molecule has 0 atom stereocenters. The summed E-state index contributed by atoms with van der Waals surface area (Å²) in [5.41, 5.74) is 1.01. The number of rotatable bonds is 7. The Bertz CT molecular complexity index is 262. The molecule has 0 unspecified atom stereocenters. The quantitative estimate of drug-likeness (QED) is 0.425. The van der Waals surface area contributed by atoms with Crippen molar-refractivity contribution in [3.05, 3.63) is 24.3 Å². The van der Waals surface area contributed by atoms with E-state index in [1.807, 2.05) is 12.2 Å². The van der Waals surface area contributed by atoms with E-state index in [1.165, 1.54) is 0 Å². The Morgan fingerprint density at radius 1 is 1.35 bits per heavy atom. The van der Waals surface area contributed by atoms with Crippen LogP contribution in [0.25, 0.3) is 0 Å². The molecule has 0 aromatic carbocycles. The van der Waals surface area contributed by atoms with Gasteiger partial charge in [0.1, 0.15) is 0 Å². The van der Waals surface area contributed by atoms with Gasteiger partial charge in [0.25, 0.3) is 0 Å². The maximum absolute atomic E-state index is 8.66. The second-order valence-electron chi connectivity index (χ2n) is 5.98. The minimum atomic E-state index is -1.66. The molecule has 1 N–H and O–H groups in total. The van der Waals surface area contributed by atoms with E-state index < -0.39 is 8.32 Å². The second-order valence-corrected chi connectivity index (χ2v) is 10.8. The summed E-state index contributed by atoms with van der Waals surface area (Å²) in [6.45, 7) is 16.0. The van der Waals surface area contributed by atoms with E-state index in [0.29, 0.717) is 6.61 Å². The van der Waals surface area contributed by atoms with Crippen LogP contribution in [0.5, 0.6) is 0 Å². The monoisotopic (exact) mass is 256 g/mol. The maximum Gasteiger partial charge on any atom is 0.192 e. The fraction of sp³-hybridized carbons (Fsp3) is 0.714. The molecule has 0 saturated carbocycles. The highest BCUT2D eigenvalue weighted by atomic mass is 28.4. The van der Waals surface area contributed by atoms with E-state index in [4.69, 9.17) is 9.53 Å². The summed E-state index contributed by atoms with van der Waals surface area (Å²) in [5.74, 6) is 0. The minimum Gasteiger partial charge on any atom is -0.413 e. The molecule has 0 fully saturated rings. The Morgan fingerprint density at radius 2 is 1.94 bits per heavy atom. The Balaban J connectivity index is 4.04. The zero-order valence-corrected chi connectivity index (χ0v) is 13.0. The van der Waals surface area contributed by atoms with E-state index in [9.17, 15) is 0 Å². The summed E-state index contributed by atoms with van der Waals surface area (Å²) >= 11 is 0. The first-order valence-electron chi connectivity index (χ1n) is 6.30. The van der Waals surface area contributed by atoms with Gasteiger partial charge in [-0.05, 0) is 36.5 Å².